The fraction of sp³-hybridized carbons (Fsp3) is 0.636. The number of amides is 1. The fourth-order valence-electron chi connectivity index (χ4n) is 2.09. The number of nitrogen functional groups attached to an aromatic ring is 1. The van der Waals surface area contributed by atoms with Crippen LogP contribution in [0.3, 0.4) is 0 Å². The number of morpholine rings is 1. The summed E-state index contributed by atoms with van der Waals surface area (Å²) in [5, 5.41) is 4.00. The highest BCUT2D eigenvalue weighted by Crippen LogP contribution is 2.11. The third-order valence-electron chi connectivity index (χ3n) is 2.72. The summed E-state index contributed by atoms with van der Waals surface area (Å²) in [5.74, 6) is 0.0510. The van der Waals surface area contributed by atoms with Gasteiger partial charge >= 0.3 is 0 Å². The van der Waals surface area contributed by atoms with E-state index in [9.17, 15) is 4.79 Å². The Morgan fingerprint density at radius 3 is 2.71 bits per heavy atom. The molecule has 17 heavy (non-hydrogen) atoms. The SMILES string of the molecule is CC1CN(C(=O)Cn2cc(N)cn2)CC(C)O1. The maximum absolute atomic E-state index is 12.0. The summed E-state index contributed by atoms with van der Waals surface area (Å²) < 4.78 is 7.14. The van der Waals surface area contributed by atoms with Gasteiger partial charge in [0.1, 0.15) is 6.54 Å². The fourth-order valence-corrected chi connectivity index (χ4v) is 2.09. The van der Waals surface area contributed by atoms with Crippen LogP contribution in [0.15, 0.2) is 12.4 Å². The molecule has 0 spiro atoms. The predicted molar refractivity (Wildman–Crippen MR) is 63.2 cm³/mol. The van der Waals surface area contributed by atoms with Crippen molar-refractivity contribution in [3.63, 3.8) is 0 Å². The standard InChI is InChI=1S/C11H18N4O2/c1-8-4-14(5-9(2)17-8)11(16)7-15-6-10(12)3-13-15/h3,6,8-9H,4-5,7,12H2,1-2H3. The van der Waals surface area contributed by atoms with Crippen LogP contribution in [0, 0.1) is 0 Å². The molecule has 1 aliphatic heterocycles. The summed E-state index contributed by atoms with van der Waals surface area (Å²) in [4.78, 5) is 13.9. The molecule has 1 saturated heterocycles. The minimum Gasteiger partial charge on any atom is -0.396 e. The summed E-state index contributed by atoms with van der Waals surface area (Å²) in [6.45, 7) is 5.46. The molecule has 2 N–H and O–H groups in total. The van der Waals surface area contributed by atoms with Crippen LogP contribution < -0.4 is 5.73 Å². The number of nitrogens with zero attached hydrogens (tertiary/aromatic N) is 3. The van der Waals surface area contributed by atoms with Crippen molar-refractivity contribution in [3.05, 3.63) is 12.4 Å². The van der Waals surface area contributed by atoms with Crippen LogP contribution in [-0.2, 0) is 16.1 Å². The number of ether oxygens (including phenoxy) is 1. The summed E-state index contributed by atoms with van der Waals surface area (Å²) >= 11 is 0. The molecule has 0 aliphatic carbocycles. The van der Waals surface area contributed by atoms with Crippen LogP contribution in [0.25, 0.3) is 0 Å². The Morgan fingerprint density at radius 2 is 2.18 bits per heavy atom. The van der Waals surface area contributed by atoms with E-state index in [1.165, 1.54) is 6.20 Å². The van der Waals surface area contributed by atoms with E-state index in [1.54, 1.807) is 10.9 Å². The number of carbonyl (C=O) groups is 1. The van der Waals surface area contributed by atoms with Crippen LogP contribution in [0.4, 0.5) is 5.69 Å². The predicted octanol–water partition coefficient (Wildman–Crippen LogP) is 0.101. The molecule has 2 unspecified atom stereocenters. The van der Waals surface area contributed by atoms with Crippen LogP contribution in [0.5, 0.6) is 0 Å². The lowest BCUT2D eigenvalue weighted by molar-refractivity contribution is -0.144. The van der Waals surface area contributed by atoms with E-state index in [2.05, 4.69) is 5.10 Å². The molecule has 6 nitrogen and oxygen atoms in total. The first-order chi connectivity index (χ1) is 8.04. The smallest absolute Gasteiger partial charge is 0.244 e. The van der Waals surface area contributed by atoms with Crippen molar-refractivity contribution in [2.24, 2.45) is 0 Å². The molecule has 1 aromatic rings. The molecule has 0 radical (unpaired) electrons. The van der Waals surface area contributed by atoms with Crippen LogP contribution in [0.2, 0.25) is 0 Å². The average Bonchev–Trinajstić information content (AvgIpc) is 2.62. The highest BCUT2D eigenvalue weighted by molar-refractivity contribution is 5.76. The van der Waals surface area contributed by atoms with Gasteiger partial charge in [0.05, 0.1) is 24.1 Å². The Kier molecular flexibility index (Phi) is 3.33. The van der Waals surface area contributed by atoms with E-state index in [4.69, 9.17) is 10.5 Å². The summed E-state index contributed by atoms with van der Waals surface area (Å²) in [6.07, 6.45) is 3.37. The molecule has 2 heterocycles. The van der Waals surface area contributed by atoms with E-state index in [1.807, 2.05) is 18.7 Å². The topological polar surface area (TPSA) is 73.4 Å². The summed E-state index contributed by atoms with van der Waals surface area (Å²) in [6, 6.07) is 0. The van der Waals surface area contributed by atoms with Gasteiger partial charge in [-0.2, -0.15) is 5.10 Å². The van der Waals surface area contributed by atoms with Gasteiger partial charge in [0.15, 0.2) is 0 Å². The molecule has 1 amide bonds. The molecule has 94 valence electrons. The number of hydrogen-bond acceptors (Lipinski definition) is 4. The van der Waals surface area contributed by atoms with Crippen molar-refractivity contribution in [2.45, 2.75) is 32.6 Å². The van der Waals surface area contributed by atoms with E-state index in [0.29, 0.717) is 18.8 Å². The largest absolute Gasteiger partial charge is 0.396 e. The van der Waals surface area contributed by atoms with Crippen molar-refractivity contribution < 1.29 is 9.53 Å². The molecule has 2 atom stereocenters. The quantitative estimate of drug-likeness (QED) is 0.793. The van der Waals surface area contributed by atoms with Gasteiger partial charge in [0.25, 0.3) is 0 Å². The zero-order valence-electron chi connectivity index (χ0n) is 10.2. The molecule has 1 aromatic heterocycles. The zero-order chi connectivity index (χ0) is 12.4. The Balaban J connectivity index is 1.95. The first kappa shape index (κ1) is 11.9. The highest BCUT2D eigenvalue weighted by Gasteiger charge is 2.25. The molecular formula is C11H18N4O2. The van der Waals surface area contributed by atoms with Crippen molar-refractivity contribution >= 4 is 11.6 Å². The zero-order valence-corrected chi connectivity index (χ0v) is 10.2. The first-order valence-corrected chi connectivity index (χ1v) is 5.75. The Bertz CT molecular complexity index is 394. The lowest BCUT2D eigenvalue weighted by atomic mass is 10.2. The van der Waals surface area contributed by atoms with Gasteiger partial charge in [-0.05, 0) is 13.8 Å². The van der Waals surface area contributed by atoms with Crippen LogP contribution >= 0.6 is 0 Å². The molecule has 1 aliphatic rings. The van der Waals surface area contributed by atoms with E-state index >= 15 is 0 Å². The second-order valence-electron chi connectivity index (χ2n) is 4.53. The van der Waals surface area contributed by atoms with E-state index < -0.39 is 0 Å². The third kappa shape index (κ3) is 2.97. The normalized spacial score (nSPS) is 24.9. The minimum absolute atomic E-state index is 0.0510. The summed E-state index contributed by atoms with van der Waals surface area (Å²) in [7, 11) is 0. The monoisotopic (exact) mass is 238 g/mol. The molecule has 0 saturated carbocycles. The first-order valence-electron chi connectivity index (χ1n) is 5.75. The van der Waals surface area contributed by atoms with Crippen LogP contribution in [0.1, 0.15) is 13.8 Å². The number of rotatable bonds is 2. The second kappa shape index (κ2) is 4.75. The molecule has 0 aromatic carbocycles. The Morgan fingerprint density at radius 1 is 1.53 bits per heavy atom. The molecule has 0 bridgehead atoms. The number of nitrogens with two attached hydrogens (primary N) is 1. The van der Waals surface area contributed by atoms with Crippen molar-refractivity contribution in [3.8, 4) is 0 Å². The molecular weight excluding hydrogens is 220 g/mol. The van der Waals surface area contributed by atoms with Gasteiger partial charge in [0, 0.05) is 19.3 Å². The molecule has 2 rings (SSSR count). The van der Waals surface area contributed by atoms with E-state index in [0.717, 1.165) is 0 Å². The van der Waals surface area contributed by atoms with Gasteiger partial charge < -0.3 is 15.4 Å². The maximum Gasteiger partial charge on any atom is 0.244 e. The maximum atomic E-state index is 12.0. The van der Waals surface area contributed by atoms with Gasteiger partial charge in [-0.15, -0.1) is 0 Å². The van der Waals surface area contributed by atoms with Gasteiger partial charge in [0.2, 0.25) is 5.91 Å². The third-order valence-corrected chi connectivity index (χ3v) is 2.72. The van der Waals surface area contributed by atoms with Crippen LogP contribution in [-0.4, -0.2) is 45.9 Å². The lowest BCUT2D eigenvalue weighted by Crippen LogP contribution is -2.49. The molecule has 1 fully saturated rings. The van der Waals surface area contributed by atoms with Crippen molar-refractivity contribution in [2.75, 3.05) is 18.8 Å². The lowest BCUT2D eigenvalue weighted by Gasteiger charge is -2.35. The number of carbonyl (C=O) groups excluding carboxylic acids is 1. The van der Waals surface area contributed by atoms with Gasteiger partial charge in [-0.3, -0.25) is 9.48 Å². The second-order valence-corrected chi connectivity index (χ2v) is 4.53. The summed E-state index contributed by atoms with van der Waals surface area (Å²) in [5.41, 5.74) is 6.12. The Labute approximate surface area is 100 Å². The van der Waals surface area contributed by atoms with Crippen molar-refractivity contribution in [1.29, 1.82) is 0 Å². The highest BCUT2D eigenvalue weighted by atomic mass is 16.5. The minimum atomic E-state index is 0.0510. The van der Waals surface area contributed by atoms with E-state index in [-0.39, 0.29) is 24.7 Å². The van der Waals surface area contributed by atoms with Gasteiger partial charge in [-0.1, -0.05) is 0 Å². The average molecular weight is 238 g/mol. The molecule has 6 heteroatoms. The van der Waals surface area contributed by atoms with Crippen molar-refractivity contribution in [1.82, 2.24) is 14.7 Å². The Hall–Kier alpha value is -1.56. The number of anilines is 1. The van der Waals surface area contributed by atoms with Gasteiger partial charge in [-0.25, -0.2) is 0 Å². The number of aromatic nitrogens is 2. The number of hydrogen-bond donors (Lipinski definition) is 1.